The van der Waals surface area contributed by atoms with Crippen molar-refractivity contribution in [1.29, 1.82) is 0 Å². The van der Waals surface area contributed by atoms with E-state index in [0.29, 0.717) is 67.0 Å². The zero-order valence-corrected chi connectivity index (χ0v) is 29.8. The van der Waals surface area contributed by atoms with Crippen molar-refractivity contribution in [2.75, 3.05) is 30.1 Å². The predicted molar refractivity (Wildman–Crippen MR) is 190 cm³/mol. The number of unbranched alkanes of at least 4 members (excludes halogenated alkanes) is 1. The summed E-state index contributed by atoms with van der Waals surface area (Å²) >= 11 is 0. The number of aliphatic hydroxyl groups excluding tert-OH is 1. The second-order valence-corrected chi connectivity index (χ2v) is 18.1. The Morgan fingerprint density at radius 2 is 1.84 bits per heavy atom. The van der Waals surface area contributed by atoms with Gasteiger partial charge in [-0.15, -0.1) is 5.10 Å². The molecule has 3 aliphatic rings. The molecule has 4 heterocycles. The molecule has 4 atom stereocenters. The molecule has 4 aromatic rings. The van der Waals surface area contributed by atoms with Crippen LogP contribution in [0.15, 0.2) is 60.8 Å². The maximum atomic E-state index is 14.9. The average molecular weight is 698 g/mol. The molecular weight excluding hydrogens is 655 g/mol. The number of aromatic nitrogens is 3. The van der Waals surface area contributed by atoms with Crippen LogP contribution in [0.3, 0.4) is 0 Å². The van der Waals surface area contributed by atoms with Crippen molar-refractivity contribution in [1.82, 2.24) is 15.0 Å². The molecule has 0 aliphatic carbocycles. The standard InChI is InChI=1S/C37H43N5O7Si/c1-23-34(50(3,4)47)31(16-19-40-22-25(17-20-43)38-39-40)49-37(23)28-21-26(14-15-29(28)41(36(37)46)18-6-5-13-32(44)48-2)42-30-12-8-10-24-9-7-11-27(33(24)30)35(42)45/h7-12,14-15,21-23,31,34,43,47H,5-6,13,16-20H2,1-4H3/t23-,31+,34-,37+/m1/s1. The summed E-state index contributed by atoms with van der Waals surface area (Å²) in [5.41, 5.74) is 2.41. The number of rotatable bonds is 12. The SMILES string of the molecule is COC(=O)CCCCN1C(=O)[C@@]2(O[C@@H](CCn3cc(CCO)nn3)[C@H]([Si](C)(C)O)[C@H]2C)c2cc(N3C(=O)c4cccc5cccc3c45)ccc21. The highest BCUT2D eigenvalue weighted by atomic mass is 28.4. The molecule has 0 radical (unpaired) electrons. The molecular formula is C37H43N5O7Si. The van der Waals surface area contributed by atoms with E-state index in [1.165, 1.54) is 7.11 Å². The van der Waals surface area contributed by atoms with Crippen molar-refractivity contribution in [2.24, 2.45) is 5.92 Å². The van der Waals surface area contributed by atoms with Crippen LogP contribution in [0.5, 0.6) is 0 Å². The molecule has 7 rings (SSSR count). The van der Waals surface area contributed by atoms with E-state index in [2.05, 4.69) is 10.3 Å². The monoisotopic (exact) mass is 697 g/mol. The number of anilines is 3. The Hall–Kier alpha value is -4.43. The molecule has 1 fully saturated rings. The maximum Gasteiger partial charge on any atom is 0.305 e. The topological polar surface area (TPSA) is 147 Å². The number of hydrogen-bond acceptors (Lipinski definition) is 9. The summed E-state index contributed by atoms with van der Waals surface area (Å²) in [7, 11) is -1.56. The third-order valence-electron chi connectivity index (χ3n) is 10.6. The van der Waals surface area contributed by atoms with E-state index in [1.807, 2.05) is 74.6 Å². The van der Waals surface area contributed by atoms with E-state index in [9.17, 15) is 24.3 Å². The lowest BCUT2D eigenvalue weighted by Crippen LogP contribution is -2.46. The van der Waals surface area contributed by atoms with Crippen LogP contribution >= 0.6 is 0 Å². The number of carbonyl (C=O) groups excluding carboxylic acids is 3. The molecule has 1 aromatic heterocycles. The first-order valence-electron chi connectivity index (χ1n) is 17.3. The van der Waals surface area contributed by atoms with E-state index in [4.69, 9.17) is 9.47 Å². The number of aryl methyl sites for hydroxylation is 1. The van der Waals surface area contributed by atoms with Crippen LogP contribution in [0, 0.1) is 5.92 Å². The first-order chi connectivity index (χ1) is 24.0. The number of nitrogens with zero attached hydrogens (tertiary/aromatic N) is 5. The second-order valence-electron chi connectivity index (χ2n) is 14.1. The lowest BCUT2D eigenvalue weighted by atomic mass is 9.82. The van der Waals surface area contributed by atoms with Crippen molar-refractivity contribution in [2.45, 2.75) is 75.9 Å². The van der Waals surface area contributed by atoms with E-state index in [0.717, 1.165) is 16.5 Å². The van der Waals surface area contributed by atoms with E-state index in [1.54, 1.807) is 20.7 Å². The molecule has 2 amide bonds. The highest BCUT2D eigenvalue weighted by Gasteiger charge is 2.66. The van der Waals surface area contributed by atoms with Crippen molar-refractivity contribution >= 4 is 53.9 Å². The first kappa shape index (κ1) is 34.0. The molecule has 13 heteroatoms. The number of esters is 1. The number of methoxy groups -OCH3 is 1. The summed E-state index contributed by atoms with van der Waals surface area (Å²) in [6.07, 6.45) is 3.60. The Morgan fingerprint density at radius 3 is 2.58 bits per heavy atom. The van der Waals surface area contributed by atoms with Crippen LogP contribution < -0.4 is 9.80 Å². The zero-order chi connectivity index (χ0) is 35.4. The minimum Gasteiger partial charge on any atom is -0.469 e. The second kappa shape index (κ2) is 13.0. The highest BCUT2D eigenvalue weighted by Crippen LogP contribution is 2.60. The largest absolute Gasteiger partial charge is 0.469 e. The van der Waals surface area contributed by atoms with Gasteiger partial charge in [-0.2, -0.15) is 0 Å². The van der Waals surface area contributed by atoms with Gasteiger partial charge in [-0.25, -0.2) is 0 Å². The van der Waals surface area contributed by atoms with Crippen LogP contribution in [0.2, 0.25) is 18.6 Å². The summed E-state index contributed by atoms with van der Waals surface area (Å²) in [5.74, 6) is -1.03. The Balaban J connectivity index is 1.28. The number of hydrogen-bond donors (Lipinski definition) is 2. The van der Waals surface area contributed by atoms with Crippen LogP contribution in [0.25, 0.3) is 10.8 Å². The van der Waals surface area contributed by atoms with Gasteiger partial charge in [-0.05, 0) is 68.1 Å². The summed E-state index contributed by atoms with van der Waals surface area (Å²) in [4.78, 5) is 55.9. The van der Waals surface area contributed by atoms with E-state index in [-0.39, 0.29) is 36.4 Å². The molecule has 3 aromatic carbocycles. The minimum atomic E-state index is -2.93. The van der Waals surface area contributed by atoms with Gasteiger partial charge in [0.05, 0.1) is 35.8 Å². The summed E-state index contributed by atoms with van der Waals surface area (Å²) in [6.45, 7) is 6.58. The zero-order valence-electron chi connectivity index (χ0n) is 28.8. The molecule has 0 saturated carbocycles. The van der Waals surface area contributed by atoms with Gasteiger partial charge in [0.25, 0.3) is 11.8 Å². The van der Waals surface area contributed by atoms with Crippen molar-refractivity contribution in [3.8, 4) is 0 Å². The fourth-order valence-electron chi connectivity index (χ4n) is 8.45. The minimum absolute atomic E-state index is 0.0240. The van der Waals surface area contributed by atoms with E-state index < -0.39 is 25.9 Å². The number of ether oxygens (including phenoxy) is 2. The predicted octanol–water partition coefficient (Wildman–Crippen LogP) is 4.84. The highest BCUT2D eigenvalue weighted by molar-refractivity contribution is 6.71. The summed E-state index contributed by atoms with van der Waals surface area (Å²) < 4.78 is 13.6. The number of amides is 2. The molecule has 50 heavy (non-hydrogen) atoms. The summed E-state index contributed by atoms with van der Waals surface area (Å²) in [6, 6.07) is 17.3. The van der Waals surface area contributed by atoms with Gasteiger partial charge in [0.15, 0.2) is 13.9 Å². The molecule has 0 unspecified atom stereocenters. The number of carbonyl (C=O) groups is 3. The molecule has 1 saturated heterocycles. The van der Waals surface area contributed by atoms with Gasteiger partial charge >= 0.3 is 5.97 Å². The smallest absolute Gasteiger partial charge is 0.305 e. The van der Waals surface area contributed by atoms with E-state index >= 15 is 0 Å². The van der Waals surface area contributed by atoms with Gasteiger partial charge in [0, 0.05) is 66.8 Å². The molecule has 12 nitrogen and oxygen atoms in total. The van der Waals surface area contributed by atoms with Gasteiger partial charge in [0.1, 0.15) is 0 Å². The van der Waals surface area contributed by atoms with Crippen LogP contribution in [0.1, 0.15) is 54.2 Å². The molecule has 2 N–H and O–H groups in total. The van der Waals surface area contributed by atoms with Crippen molar-refractivity contribution in [3.63, 3.8) is 0 Å². The Morgan fingerprint density at radius 1 is 1.06 bits per heavy atom. The maximum absolute atomic E-state index is 14.9. The van der Waals surface area contributed by atoms with Gasteiger partial charge in [-0.1, -0.05) is 36.4 Å². The summed E-state index contributed by atoms with van der Waals surface area (Å²) in [5, 5.41) is 19.5. The molecule has 0 bridgehead atoms. The number of fused-ring (bicyclic) bond motifs is 2. The number of benzene rings is 3. The fraction of sp³-hybridized carbons (Fsp3) is 0.432. The third kappa shape index (κ3) is 5.52. The Bertz CT molecular complexity index is 1970. The Kier molecular flexibility index (Phi) is 8.87. The fourth-order valence-corrected chi connectivity index (χ4v) is 11.0. The number of aliphatic hydroxyl groups is 1. The van der Waals surface area contributed by atoms with Crippen LogP contribution in [-0.2, 0) is 37.6 Å². The molecule has 1 spiro atoms. The van der Waals surface area contributed by atoms with Crippen LogP contribution in [0.4, 0.5) is 17.1 Å². The normalized spacial score (nSPS) is 22.7. The third-order valence-corrected chi connectivity index (χ3v) is 13.1. The van der Waals surface area contributed by atoms with Gasteiger partial charge in [0.2, 0.25) is 0 Å². The van der Waals surface area contributed by atoms with Crippen molar-refractivity contribution in [3.05, 3.63) is 77.6 Å². The van der Waals surface area contributed by atoms with Crippen LogP contribution in [-0.4, -0.2) is 77.4 Å². The molecule has 262 valence electrons. The van der Waals surface area contributed by atoms with Crippen molar-refractivity contribution < 1.29 is 33.8 Å². The quantitative estimate of drug-likeness (QED) is 0.121. The lowest BCUT2D eigenvalue weighted by molar-refractivity contribution is -0.146. The first-order valence-corrected chi connectivity index (χ1v) is 20.3. The van der Waals surface area contributed by atoms with Gasteiger partial charge < -0.3 is 24.3 Å². The average Bonchev–Trinajstić information content (AvgIpc) is 3.81. The van der Waals surface area contributed by atoms with Gasteiger partial charge in [-0.3, -0.25) is 24.0 Å². The Labute approximate surface area is 291 Å². The molecule has 3 aliphatic heterocycles. The lowest BCUT2D eigenvalue weighted by Gasteiger charge is -2.32.